The van der Waals surface area contributed by atoms with Crippen LogP contribution < -0.4 is 11.1 Å². The van der Waals surface area contributed by atoms with Crippen LogP contribution in [0.4, 0.5) is 11.8 Å². The number of benzene rings is 2. The summed E-state index contributed by atoms with van der Waals surface area (Å²) in [5.74, 6) is 1.35. The molecule has 4 N–H and O–H groups in total. The quantitative estimate of drug-likeness (QED) is 0.431. The summed E-state index contributed by atoms with van der Waals surface area (Å²) in [4.78, 5) is 11.4. The predicted octanol–water partition coefficient (Wildman–Crippen LogP) is 2.80. The molecule has 0 bridgehead atoms. The van der Waals surface area contributed by atoms with Crippen molar-refractivity contribution < 1.29 is 0 Å². The fourth-order valence-corrected chi connectivity index (χ4v) is 3.85. The number of nitrogens with zero attached hydrogens (tertiary/aromatic N) is 5. The minimum Gasteiger partial charge on any atom is -0.368 e. The van der Waals surface area contributed by atoms with Gasteiger partial charge < -0.3 is 16.5 Å². The van der Waals surface area contributed by atoms with E-state index in [1.807, 2.05) is 30.3 Å². The second-order valence-electron chi connectivity index (χ2n) is 7.32. The smallest absolute Gasteiger partial charge is 0.225 e. The second kappa shape index (κ2) is 7.57. The van der Waals surface area contributed by atoms with Gasteiger partial charge in [0.25, 0.3) is 0 Å². The van der Waals surface area contributed by atoms with Gasteiger partial charge in [0.15, 0.2) is 11.5 Å². The molecule has 0 aliphatic carbocycles. The summed E-state index contributed by atoms with van der Waals surface area (Å²) in [6.45, 7) is 3.46. The van der Waals surface area contributed by atoms with Crippen LogP contribution in [0.3, 0.4) is 0 Å². The second-order valence-corrected chi connectivity index (χ2v) is 7.32. The van der Waals surface area contributed by atoms with Crippen molar-refractivity contribution in [3.63, 3.8) is 0 Å². The Morgan fingerprint density at radius 2 is 1.70 bits per heavy atom. The summed E-state index contributed by atoms with van der Waals surface area (Å²) in [5, 5.41) is 15.7. The number of nitrogens with two attached hydrogens (primary N) is 1. The molecule has 1 aliphatic rings. The summed E-state index contributed by atoms with van der Waals surface area (Å²) in [6.07, 6.45) is 1.25. The van der Waals surface area contributed by atoms with Gasteiger partial charge >= 0.3 is 0 Å². The summed E-state index contributed by atoms with van der Waals surface area (Å²) >= 11 is 0. The van der Waals surface area contributed by atoms with Crippen LogP contribution in [0.5, 0.6) is 0 Å². The molecule has 0 saturated carbocycles. The van der Waals surface area contributed by atoms with Gasteiger partial charge in [-0.3, -0.25) is 4.90 Å². The largest absolute Gasteiger partial charge is 0.368 e. The molecule has 30 heavy (non-hydrogen) atoms. The molecule has 8 heteroatoms. The first-order valence-corrected chi connectivity index (χ1v) is 9.88. The SMILES string of the molecule is N=Cc1c(NCCN2Cc3ccccc3C2)nc(N)n2nc(-c3ccccc3)nc12. The van der Waals surface area contributed by atoms with E-state index in [0.717, 1.165) is 25.2 Å². The number of aromatic nitrogens is 4. The Morgan fingerprint density at radius 3 is 2.40 bits per heavy atom. The molecular weight excluding hydrogens is 376 g/mol. The topological polar surface area (TPSA) is 108 Å². The van der Waals surface area contributed by atoms with Gasteiger partial charge in [0, 0.05) is 38.0 Å². The monoisotopic (exact) mass is 398 g/mol. The van der Waals surface area contributed by atoms with Gasteiger partial charge in [-0.15, -0.1) is 5.10 Å². The molecule has 0 radical (unpaired) electrons. The Balaban J connectivity index is 1.36. The first-order valence-electron chi connectivity index (χ1n) is 9.88. The highest BCUT2D eigenvalue weighted by Gasteiger charge is 2.19. The van der Waals surface area contributed by atoms with Crippen LogP contribution >= 0.6 is 0 Å². The van der Waals surface area contributed by atoms with Crippen molar-refractivity contribution in [1.82, 2.24) is 24.5 Å². The van der Waals surface area contributed by atoms with Crippen molar-refractivity contribution in [2.75, 3.05) is 24.1 Å². The number of hydrogen-bond donors (Lipinski definition) is 3. The van der Waals surface area contributed by atoms with Crippen molar-refractivity contribution in [2.24, 2.45) is 0 Å². The van der Waals surface area contributed by atoms with Gasteiger partial charge in [-0.1, -0.05) is 54.6 Å². The zero-order valence-corrected chi connectivity index (χ0v) is 16.4. The average Bonchev–Trinajstić information content (AvgIpc) is 3.39. The van der Waals surface area contributed by atoms with E-state index in [0.29, 0.717) is 29.4 Å². The third-order valence-electron chi connectivity index (χ3n) is 5.35. The number of fused-ring (bicyclic) bond motifs is 2. The molecule has 1 aliphatic heterocycles. The first-order chi connectivity index (χ1) is 14.7. The standard InChI is InChI=1S/C22H22N8/c23-12-18-20(25-10-11-29-13-16-8-4-5-9-17(16)14-29)27-22(24)30-21(18)26-19(28-30)15-6-2-1-3-7-15/h1-9,12,23,25H,10-11,13-14H2,(H2,24,27). The normalized spacial score (nSPS) is 13.5. The maximum atomic E-state index is 7.90. The van der Waals surface area contributed by atoms with Crippen molar-refractivity contribution in [3.05, 3.63) is 71.3 Å². The molecule has 2 aromatic carbocycles. The van der Waals surface area contributed by atoms with Crippen molar-refractivity contribution in [3.8, 4) is 11.4 Å². The van der Waals surface area contributed by atoms with Crippen molar-refractivity contribution >= 4 is 23.6 Å². The van der Waals surface area contributed by atoms with Crippen LogP contribution in [-0.4, -0.2) is 43.8 Å². The lowest BCUT2D eigenvalue weighted by molar-refractivity contribution is 0.296. The minimum atomic E-state index is 0.237. The molecule has 2 aromatic heterocycles. The van der Waals surface area contributed by atoms with Crippen LogP contribution in [0.2, 0.25) is 0 Å². The number of nitrogen functional groups attached to an aromatic ring is 1. The summed E-state index contributed by atoms with van der Waals surface area (Å²) in [7, 11) is 0. The lowest BCUT2D eigenvalue weighted by Gasteiger charge is -2.16. The Hall–Kier alpha value is -3.78. The predicted molar refractivity (Wildman–Crippen MR) is 118 cm³/mol. The van der Waals surface area contributed by atoms with Crippen LogP contribution in [0, 0.1) is 5.41 Å². The Morgan fingerprint density at radius 1 is 1.00 bits per heavy atom. The molecule has 0 atom stereocenters. The highest BCUT2D eigenvalue weighted by molar-refractivity contribution is 5.93. The van der Waals surface area contributed by atoms with E-state index >= 15 is 0 Å². The molecular formula is C22H22N8. The van der Waals surface area contributed by atoms with E-state index in [9.17, 15) is 0 Å². The summed E-state index contributed by atoms with van der Waals surface area (Å²) in [6, 6.07) is 18.2. The molecule has 0 fully saturated rings. The van der Waals surface area contributed by atoms with E-state index in [4.69, 9.17) is 11.1 Å². The van der Waals surface area contributed by atoms with Crippen molar-refractivity contribution in [1.29, 1.82) is 5.41 Å². The van der Waals surface area contributed by atoms with Crippen LogP contribution in [0.15, 0.2) is 54.6 Å². The van der Waals surface area contributed by atoms with Crippen LogP contribution in [-0.2, 0) is 13.1 Å². The van der Waals surface area contributed by atoms with Gasteiger partial charge in [-0.2, -0.15) is 9.50 Å². The van der Waals surface area contributed by atoms with Gasteiger partial charge in [0.2, 0.25) is 5.95 Å². The Labute approximate surface area is 173 Å². The molecule has 3 heterocycles. The zero-order chi connectivity index (χ0) is 20.5. The van der Waals surface area contributed by atoms with E-state index in [-0.39, 0.29) is 5.95 Å². The molecule has 4 aromatic rings. The molecule has 8 nitrogen and oxygen atoms in total. The third-order valence-corrected chi connectivity index (χ3v) is 5.35. The molecule has 0 unspecified atom stereocenters. The highest BCUT2D eigenvalue weighted by atomic mass is 15.4. The fraction of sp³-hybridized carbons (Fsp3) is 0.182. The first kappa shape index (κ1) is 18.3. The lowest BCUT2D eigenvalue weighted by Crippen LogP contribution is -2.25. The van der Waals surface area contributed by atoms with Gasteiger partial charge in [-0.05, 0) is 11.1 Å². The fourth-order valence-electron chi connectivity index (χ4n) is 3.85. The van der Waals surface area contributed by atoms with Gasteiger partial charge in [-0.25, -0.2) is 4.98 Å². The number of rotatable bonds is 6. The van der Waals surface area contributed by atoms with Crippen molar-refractivity contribution in [2.45, 2.75) is 13.1 Å². The number of hydrogen-bond acceptors (Lipinski definition) is 7. The number of nitrogens with one attached hydrogen (secondary N) is 2. The van der Waals surface area contributed by atoms with Gasteiger partial charge in [0.1, 0.15) is 5.82 Å². The molecule has 0 saturated heterocycles. The van der Waals surface area contributed by atoms with E-state index in [2.05, 4.69) is 49.5 Å². The Kier molecular flexibility index (Phi) is 4.61. The third kappa shape index (κ3) is 3.27. The average molecular weight is 398 g/mol. The van der Waals surface area contributed by atoms with Gasteiger partial charge in [0.05, 0.1) is 5.56 Å². The Bertz CT molecular complexity index is 1190. The highest BCUT2D eigenvalue weighted by Crippen LogP contribution is 2.24. The maximum Gasteiger partial charge on any atom is 0.225 e. The minimum absolute atomic E-state index is 0.237. The maximum absolute atomic E-state index is 7.90. The molecule has 5 rings (SSSR count). The zero-order valence-electron chi connectivity index (χ0n) is 16.4. The van der Waals surface area contributed by atoms with E-state index in [1.54, 1.807) is 0 Å². The van der Waals surface area contributed by atoms with Crippen LogP contribution in [0.1, 0.15) is 16.7 Å². The van der Waals surface area contributed by atoms with Crippen LogP contribution in [0.25, 0.3) is 17.0 Å². The van der Waals surface area contributed by atoms with E-state index in [1.165, 1.54) is 21.9 Å². The number of anilines is 2. The molecule has 0 spiro atoms. The summed E-state index contributed by atoms with van der Waals surface area (Å²) < 4.78 is 1.49. The summed E-state index contributed by atoms with van der Waals surface area (Å²) in [5.41, 5.74) is 10.9. The van der Waals surface area contributed by atoms with E-state index < -0.39 is 0 Å². The molecule has 0 amide bonds. The lowest BCUT2D eigenvalue weighted by atomic mass is 10.1. The molecule has 150 valence electrons.